The van der Waals surface area contributed by atoms with Crippen LogP contribution >= 0.6 is 11.3 Å². The fourth-order valence-electron chi connectivity index (χ4n) is 2.23. The number of thiazole rings is 1. The van der Waals surface area contributed by atoms with Crippen LogP contribution in [0.25, 0.3) is 0 Å². The zero-order chi connectivity index (χ0) is 25.9. The molecule has 1 heterocycles. The average Bonchev–Trinajstić information content (AvgIpc) is 3.16. The lowest BCUT2D eigenvalue weighted by Gasteiger charge is -2.17. The molecule has 188 valence electrons. The second-order valence-corrected chi connectivity index (χ2v) is 9.01. The van der Waals surface area contributed by atoms with Gasteiger partial charge in [-0.25, -0.2) is 13.6 Å². The summed E-state index contributed by atoms with van der Waals surface area (Å²) in [7, 11) is 0. The Balaban J connectivity index is 0.000000342. The van der Waals surface area contributed by atoms with E-state index in [9.17, 15) is 23.2 Å². The molecule has 1 unspecified atom stereocenters. The second-order valence-electron chi connectivity index (χ2n) is 8.11. The monoisotopic (exact) mass is 503 g/mol. The first-order valence-electron chi connectivity index (χ1n) is 9.87. The quantitative estimate of drug-likeness (QED) is 0.319. The van der Waals surface area contributed by atoms with Crippen molar-refractivity contribution in [1.82, 2.24) is 4.57 Å². The van der Waals surface area contributed by atoms with Crippen molar-refractivity contribution >= 4 is 35.4 Å². The number of rotatable bonds is 8. The van der Waals surface area contributed by atoms with Crippen LogP contribution in [0.3, 0.4) is 0 Å². The van der Waals surface area contributed by atoms with E-state index < -0.39 is 42.1 Å². The summed E-state index contributed by atoms with van der Waals surface area (Å²) in [5.41, 5.74) is -0.909. The van der Waals surface area contributed by atoms with Crippen molar-refractivity contribution in [3.8, 4) is 0 Å². The number of anilines is 1. The van der Waals surface area contributed by atoms with Gasteiger partial charge in [0.1, 0.15) is 36.3 Å². The first-order chi connectivity index (χ1) is 15.9. The number of hydrogen-bond acceptors (Lipinski definition) is 9. The maximum absolute atomic E-state index is 13.5. The number of hydrogen-bond donors (Lipinski definition) is 4. The van der Waals surface area contributed by atoms with Gasteiger partial charge in [-0.3, -0.25) is 19.6 Å². The molecule has 0 saturated carbocycles. The standard InChI is InChI=1S/C13H15F2NO2.C8H12N2O5S/c1-13(2,3)6-11(18)16-12-9(14)4-8(7-17)5-10(12)15;9-7-10(1-2-16-7)5-15-8(13)14-4-6(12)3-11/h4-5,7H,6H2,1-3H3,(H,16,18);1-2,6,9,11-12H,3-5H2. The minimum atomic E-state index is -1.10. The number of ether oxygens (including phenoxy) is 2. The number of aliphatic hydroxyl groups is 2. The summed E-state index contributed by atoms with van der Waals surface area (Å²) in [5, 5.41) is 28.6. The first kappa shape index (κ1) is 28.9. The Morgan fingerprint density at radius 1 is 1.26 bits per heavy atom. The van der Waals surface area contributed by atoms with Gasteiger partial charge in [-0.2, -0.15) is 0 Å². The van der Waals surface area contributed by atoms with Crippen molar-refractivity contribution in [2.75, 3.05) is 18.5 Å². The van der Waals surface area contributed by atoms with Crippen LogP contribution in [0.4, 0.5) is 19.3 Å². The van der Waals surface area contributed by atoms with Gasteiger partial charge in [0.05, 0.1) is 6.61 Å². The molecule has 13 heteroatoms. The van der Waals surface area contributed by atoms with E-state index in [1.54, 1.807) is 11.6 Å². The molecule has 1 aromatic carbocycles. The number of amides is 1. The van der Waals surface area contributed by atoms with Crippen molar-refractivity contribution in [2.45, 2.75) is 40.0 Å². The maximum atomic E-state index is 13.5. The molecule has 1 amide bonds. The third-order valence-corrected chi connectivity index (χ3v) is 4.48. The van der Waals surface area contributed by atoms with Crippen LogP contribution in [0.15, 0.2) is 23.7 Å². The number of benzene rings is 1. The molecule has 10 nitrogen and oxygen atoms in total. The number of aldehydes is 1. The molecule has 4 N–H and O–H groups in total. The molecule has 2 aromatic rings. The topological polar surface area (TPSA) is 151 Å². The molecule has 0 radical (unpaired) electrons. The van der Waals surface area contributed by atoms with Gasteiger partial charge in [0.2, 0.25) is 5.91 Å². The molecule has 0 aliphatic heterocycles. The summed E-state index contributed by atoms with van der Waals surface area (Å²) in [6.45, 7) is 4.61. The van der Waals surface area contributed by atoms with Gasteiger partial charge >= 0.3 is 6.16 Å². The van der Waals surface area contributed by atoms with Crippen LogP contribution in [0.2, 0.25) is 0 Å². The molecule has 1 atom stereocenters. The second kappa shape index (κ2) is 13.5. The lowest BCUT2D eigenvalue weighted by atomic mass is 9.92. The molecule has 0 aliphatic carbocycles. The Morgan fingerprint density at radius 3 is 2.35 bits per heavy atom. The van der Waals surface area contributed by atoms with Gasteiger partial charge in [-0.05, 0) is 17.5 Å². The van der Waals surface area contributed by atoms with E-state index in [1.165, 1.54) is 15.9 Å². The predicted octanol–water partition coefficient (Wildman–Crippen LogP) is 2.64. The van der Waals surface area contributed by atoms with Gasteiger partial charge in [0.25, 0.3) is 0 Å². The maximum Gasteiger partial charge on any atom is 0.510 e. The van der Waals surface area contributed by atoms with Gasteiger partial charge in [-0.15, -0.1) is 11.3 Å². The number of halogens is 2. The normalized spacial score (nSPS) is 11.6. The van der Waals surface area contributed by atoms with Gasteiger partial charge < -0.3 is 25.0 Å². The van der Waals surface area contributed by atoms with Gasteiger partial charge in [-0.1, -0.05) is 20.8 Å². The zero-order valence-corrected chi connectivity index (χ0v) is 19.7. The Bertz CT molecular complexity index is 1010. The third kappa shape index (κ3) is 10.6. The number of nitrogens with one attached hydrogen (secondary N) is 2. The van der Waals surface area contributed by atoms with Crippen molar-refractivity contribution in [1.29, 1.82) is 5.41 Å². The third-order valence-electron chi connectivity index (χ3n) is 3.76. The fourth-order valence-corrected chi connectivity index (χ4v) is 2.82. The van der Waals surface area contributed by atoms with Crippen LogP contribution in [0.1, 0.15) is 37.6 Å². The Kier molecular flexibility index (Phi) is 11.5. The summed E-state index contributed by atoms with van der Waals surface area (Å²) >= 11 is 1.20. The van der Waals surface area contributed by atoms with Crippen LogP contribution in [-0.4, -0.2) is 52.4 Å². The highest BCUT2D eigenvalue weighted by Crippen LogP contribution is 2.23. The summed E-state index contributed by atoms with van der Waals surface area (Å²) in [4.78, 5) is 33.2. The lowest BCUT2D eigenvalue weighted by Crippen LogP contribution is -2.23. The smallest absolute Gasteiger partial charge is 0.431 e. The minimum absolute atomic E-state index is 0.112. The number of aliphatic hydroxyl groups excluding tert-OH is 2. The van der Waals surface area contributed by atoms with E-state index in [2.05, 4.69) is 14.8 Å². The number of carbonyl (C=O) groups is 3. The average molecular weight is 504 g/mol. The largest absolute Gasteiger partial charge is 0.510 e. The van der Waals surface area contributed by atoms with Crippen LogP contribution in [-0.2, 0) is 21.0 Å². The van der Waals surface area contributed by atoms with Gasteiger partial charge in [0, 0.05) is 23.6 Å². The highest BCUT2D eigenvalue weighted by Gasteiger charge is 2.19. The summed E-state index contributed by atoms with van der Waals surface area (Å²) < 4.78 is 37.5. The van der Waals surface area contributed by atoms with Gasteiger partial charge in [0.15, 0.2) is 11.5 Å². The summed E-state index contributed by atoms with van der Waals surface area (Å²) in [6.07, 6.45) is 0.0237. The molecule has 1 aromatic heterocycles. The SMILES string of the molecule is CC(C)(C)CC(=O)Nc1c(F)cc(C=O)cc1F.N=c1sccn1COC(=O)OCC(O)CO. The first-order valence-corrected chi connectivity index (χ1v) is 10.7. The molecule has 0 bridgehead atoms. The molecule has 0 saturated heterocycles. The molecule has 0 spiro atoms. The molecule has 2 rings (SSSR count). The minimum Gasteiger partial charge on any atom is -0.431 e. The molecule has 34 heavy (non-hydrogen) atoms. The lowest BCUT2D eigenvalue weighted by molar-refractivity contribution is -0.117. The zero-order valence-electron chi connectivity index (χ0n) is 18.8. The van der Waals surface area contributed by atoms with E-state index in [1.807, 2.05) is 20.8 Å². The highest BCUT2D eigenvalue weighted by molar-refractivity contribution is 7.06. The van der Waals surface area contributed by atoms with E-state index in [4.69, 9.17) is 15.6 Å². The van der Waals surface area contributed by atoms with E-state index in [0.29, 0.717) is 6.29 Å². The fraction of sp³-hybridized carbons (Fsp3) is 0.429. The Labute approximate surface area is 198 Å². The molecule has 0 aliphatic rings. The predicted molar refractivity (Wildman–Crippen MR) is 118 cm³/mol. The van der Waals surface area contributed by atoms with E-state index in [-0.39, 0.29) is 35.5 Å². The Hall–Kier alpha value is -3.16. The molecular formula is C21H27F2N3O7S. The molecular weight excluding hydrogens is 476 g/mol. The highest BCUT2D eigenvalue weighted by atomic mass is 32.1. The van der Waals surface area contributed by atoms with E-state index in [0.717, 1.165) is 12.1 Å². The number of aromatic nitrogens is 1. The van der Waals surface area contributed by atoms with Crippen LogP contribution in [0, 0.1) is 22.5 Å². The summed E-state index contributed by atoms with van der Waals surface area (Å²) in [5.74, 6) is -2.39. The molecule has 0 fully saturated rings. The van der Waals surface area contributed by atoms with Crippen molar-refractivity contribution in [3.05, 3.63) is 45.7 Å². The van der Waals surface area contributed by atoms with Crippen molar-refractivity contribution < 1.29 is 42.9 Å². The van der Waals surface area contributed by atoms with Crippen LogP contribution in [0.5, 0.6) is 0 Å². The summed E-state index contributed by atoms with van der Waals surface area (Å²) in [6, 6.07) is 1.76. The van der Waals surface area contributed by atoms with Crippen LogP contribution < -0.4 is 10.1 Å². The number of carbonyl (C=O) groups excluding carboxylic acids is 3. The Morgan fingerprint density at radius 2 is 1.88 bits per heavy atom. The van der Waals surface area contributed by atoms with E-state index >= 15 is 0 Å². The van der Waals surface area contributed by atoms with Crippen molar-refractivity contribution in [2.24, 2.45) is 5.41 Å². The number of nitrogens with zero attached hydrogens (tertiary/aromatic N) is 1. The van der Waals surface area contributed by atoms with Crippen molar-refractivity contribution in [3.63, 3.8) is 0 Å².